The van der Waals surface area contributed by atoms with Gasteiger partial charge in [0.1, 0.15) is 18.2 Å². The fraction of sp³-hybridized carbons (Fsp3) is 0.684. The van der Waals surface area contributed by atoms with Gasteiger partial charge in [0, 0.05) is 25.2 Å². The van der Waals surface area contributed by atoms with E-state index in [1.165, 1.54) is 0 Å². The number of amides is 3. The molecular weight excluding hydrogens is 592 g/mol. The van der Waals surface area contributed by atoms with E-state index < -0.39 is 12.1 Å². The number of esters is 1. The molecule has 0 unspecified atom stereocenters. The molecule has 5 atom stereocenters. The third kappa shape index (κ3) is 9.91. The fourth-order valence-electron chi connectivity index (χ4n) is 6.99. The number of rotatable bonds is 14. The number of benzene rings is 1. The van der Waals surface area contributed by atoms with E-state index >= 15 is 0 Å². The van der Waals surface area contributed by atoms with Crippen LogP contribution in [-0.2, 0) is 23.9 Å². The molecule has 2 aliphatic rings. The Morgan fingerprint density at radius 2 is 1.60 bits per heavy atom. The summed E-state index contributed by atoms with van der Waals surface area (Å²) >= 11 is 0. The summed E-state index contributed by atoms with van der Waals surface area (Å²) in [5, 5.41) is 3.10. The van der Waals surface area contributed by atoms with Crippen molar-refractivity contribution in [2.24, 2.45) is 11.8 Å². The number of carbonyl (C=O) groups excluding carboxylic acids is 4. The summed E-state index contributed by atoms with van der Waals surface area (Å²) in [6, 6.07) is 8.04. The first-order chi connectivity index (χ1) is 22.3. The molecule has 2 aliphatic heterocycles. The fourth-order valence-corrected chi connectivity index (χ4v) is 6.99. The van der Waals surface area contributed by atoms with E-state index in [1.54, 1.807) is 23.8 Å². The van der Waals surface area contributed by atoms with Gasteiger partial charge in [-0.05, 0) is 76.8 Å². The summed E-state index contributed by atoms with van der Waals surface area (Å²) in [4.78, 5) is 60.3. The quantitative estimate of drug-likeness (QED) is 0.199. The molecule has 0 saturated carbocycles. The van der Waals surface area contributed by atoms with E-state index in [4.69, 9.17) is 4.74 Å². The zero-order chi connectivity index (χ0) is 34.8. The lowest BCUT2D eigenvalue weighted by atomic mass is 9.95. The number of piperidine rings is 1. The summed E-state index contributed by atoms with van der Waals surface area (Å²) in [5.41, 5.74) is 1.44. The van der Waals surface area contributed by atoms with Crippen molar-refractivity contribution in [2.45, 2.75) is 137 Å². The van der Waals surface area contributed by atoms with Gasteiger partial charge in [-0.25, -0.2) is 4.79 Å². The maximum Gasteiger partial charge on any atom is 0.329 e. The molecule has 0 radical (unpaired) electrons. The molecule has 2 heterocycles. The highest BCUT2D eigenvalue weighted by atomic mass is 16.5. The van der Waals surface area contributed by atoms with Crippen molar-refractivity contribution in [2.75, 3.05) is 20.1 Å². The Morgan fingerprint density at radius 3 is 2.19 bits per heavy atom. The van der Waals surface area contributed by atoms with E-state index in [0.717, 1.165) is 44.2 Å². The van der Waals surface area contributed by atoms with Gasteiger partial charge < -0.3 is 19.9 Å². The first-order valence-corrected chi connectivity index (χ1v) is 17.9. The Balaban J connectivity index is 1.74. The maximum absolute atomic E-state index is 14.0. The van der Waals surface area contributed by atoms with Crippen molar-refractivity contribution >= 4 is 23.7 Å². The van der Waals surface area contributed by atoms with Gasteiger partial charge in [0.05, 0.1) is 12.1 Å². The molecule has 262 valence electrons. The molecular formula is C38H60N4O5. The highest BCUT2D eigenvalue weighted by Gasteiger charge is 2.39. The van der Waals surface area contributed by atoms with Crippen LogP contribution in [0.2, 0.25) is 0 Å². The molecule has 1 aromatic rings. The summed E-state index contributed by atoms with van der Waals surface area (Å²) < 4.78 is 6.01. The van der Waals surface area contributed by atoms with Crippen LogP contribution in [0.25, 0.3) is 0 Å². The predicted octanol–water partition coefficient (Wildman–Crippen LogP) is 5.90. The molecule has 9 heteroatoms. The van der Waals surface area contributed by atoms with Gasteiger partial charge in [-0.2, -0.15) is 0 Å². The zero-order valence-electron chi connectivity index (χ0n) is 30.3. The molecule has 0 bridgehead atoms. The van der Waals surface area contributed by atoms with Crippen LogP contribution in [0.1, 0.15) is 112 Å². The number of likely N-dealkylation sites (tertiary alicyclic amines) is 2. The van der Waals surface area contributed by atoms with Crippen molar-refractivity contribution in [1.29, 1.82) is 0 Å². The van der Waals surface area contributed by atoms with Crippen LogP contribution < -0.4 is 5.32 Å². The van der Waals surface area contributed by atoms with E-state index in [0.29, 0.717) is 25.0 Å². The lowest BCUT2D eigenvalue weighted by Gasteiger charge is -2.39. The van der Waals surface area contributed by atoms with Crippen LogP contribution in [0.15, 0.2) is 42.0 Å². The molecule has 2 saturated heterocycles. The standard InChI is InChI=1S/C38H60N4O5/c1-10-17-33(29-18-12-11-13-19-29)47-38(46)31-21-16-23-42(31)36(44)28(8)24-32(25(2)3)40(9)37(45)34(26(4)5)39-35(43)30-20-14-15-22-41(30)27(6)7/h11-13,18-19,24-27,30-34H,10,14-17,20-23H2,1-9H3,(H,39,43)/b28-24+/t30-,31+,32-,33-,34+/m1/s1. The molecule has 0 spiro atoms. The summed E-state index contributed by atoms with van der Waals surface area (Å²) in [6.45, 7) is 17.3. The second-order valence-electron chi connectivity index (χ2n) is 14.4. The molecule has 0 aliphatic carbocycles. The number of nitrogens with zero attached hydrogens (tertiary/aromatic N) is 3. The lowest BCUT2D eigenvalue weighted by Crippen LogP contribution is -2.58. The number of ether oxygens (including phenoxy) is 1. The van der Waals surface area contributed by atoms with Crippen molar-refractivity contribution < 1.29 is 23.9 Å². The van der Waals surface area contributed by atoms with Gasteiger partial charge in [0.2, 0.25) is 17.7 Å². The topological polar surface area (TPSA) is 99.3 Å². The summed E-state index contributed by atoms with van der Waals surface area (Å²) in [7, 11) is 1.75. The van der Waals surface area contributed by atoms with Crippen LogP contribution in [0.3, 0.4) is 0 Å². The summed E-state index contributed by atoms with van der Waals surface area (Å²) in [6.07, 6.45) is 7.20. The Labute approximate surface area is 283 Å². The van der Waals surface area contributed by atoms with Crippen molar-refractivity contribution in [3.8, 4) is 0 Å². The minimum atomic E-state index is -0.687. The largest absolute Gasteiger partial charge is 0.456 e. The Bertz CT molecular complexity index is 1230. The number of hydrogen-bond acceptors (Lipinski definition) is 6. The van der Waals surface area contributed by atoms with Crippen LogP contribution in [-0.4, -0.2) is 88.7 Å². The van der Waals surface area contributed by atoms with Crippen LogP contribution in [0.5, 0.6) is 0 Å². The van der Waals surface area contributed by atoms with Crippen LogP contribution in [0.4, 0.5) is 0 Å². The second-order valence-corrected chi connectivity index (χ2v) is 14.4. The second kappa shape index (κ2) is 17.8. The average Bonchev–Trinajstić information content (AvgIpc) is 3.55. The Morgan fingerprint density at radius 1 is 0.936 bits per heavy atom. The normalized spacial score (nSPS) is 21.1. The minimum absolute atomic E-state index is 0.00463. The molecule has 1 N–H and O–H groups in total. The van der Waals surface area contributed by atoms with Gasteiger partial charge in [0.15, 0.2) is 0 Å². The highest BCUT2D eigenvalue weighted by Crippen LogP contribution is 2.28. The number of carbonyl (C=O) groups is 4. The smallest absolute Gasteiger partial charge is 0.329 e. The van der Waals surface area contributed by atoms with Crippen molar-refractivity contribution in [3.63, 3.8) is 0 Å². The summed E-state index contributed by atoms with van der Waals surface area (Å²) in [5.74, 6) is -0.979. The van der Waals surface area contributed by atoms with Crippen LogP contribution in [0, 0.1) is 11.8 Å². The zero-order valence-corrected chi connectivity index (χ0v) is 30.3. The number of nitrogens with one attached hydrogen (secondary N) is 1. The molecule has 1 aromatic carbocycles. The average molecular weight is 653 g/mol. The van der Waals surface area contributed by atoms with Crippen molar-refractivity contribution in [3.05, 3.63) is 47.5 Å². The molecule has 2 fully saturated rings. The highest BCUT2D eigenvalue weighted by molar-refractivity contribution is 5.96. The first-order valence-electron chi connectivity index (χ1n) is 17.9. The van der Waals surface area contributed by atoms with Gasteiger partial charge in [-0.1, -0.05) is 83.9 Å². The van der Waals surface area contributed by atoms with E-state index in [1.807, 2.05) is 64.1 Å². The number of likely N-dealkylation sites (N-methyl/N-ethyl adjacent to an activating group) is 1. The molecule has 9 nitrogen and oxygen atoms in total. The van der Waals surface area contributed by atoms with E-state index in [2.05, 4.69) is 31.0 Å². The van der Waals surface area contributed by atoms with Gasteiger partial charge in [-0.3, -0.25) is 19.3 Å². The third-order valence-corrected chi connectivity index (χ3v) is 9.74. The van der Waals surface area contributed by atoms with Crippen LogP contribution >= 0.6 is 0 Å². The molecule has 0 aromatic heterocycles. The first kappa shape index (κ1) is 38.2. The Kier molecular flexibility index (Phi) is 14.5. The monoisotopic (exact) mass is 652 g/mol. The molecule has 3 amide bonds. The lowest BCUT2D eigenvalue weighted by molar-refractivity contribution is -0.158. The predicted molar refractivity (Wildman–Crippen MR) is 186 cm³/mol. The maximum atomic E-state index is 14.0. The Hall–Kier alpha value is -3.20. The minimum Gasteiger partial charge on any atom is -0.456 e. The van der Waals surface area contributed by atoms with Gasteiger partial charge in [-0.15, -0.1) is 0 Å². The molecule has 47 heavy (non-hydrogen) atoms. The SMILES string of the molecule is CCC[C@@H](OC(=O)[C@@H]1CCCN1C(=O)/C(C)=C/[C@H](C(C)C)N(C)C(=O)[C@@H](NC(=O)[C@H]1CCCCN1C(C)C)C(C)C)c1ccccc1. The van der Waals surface area contributed by atoms with Gasteiger partial charge in [0.25, 0.3) is 0 Å². The van der Waals surface area contributed by atoms with Crippen molar-refractivity contribution in [1.82, 2.24) is 20.0 Å². The molecule has 3 rings (SSSR count). The third-order valence-electron chi connectivity index (χ3n) is 9.74. The van der Waals surface area contributed by atoms with E-state index in [-0.39, 0.29) is 59.8 Å². The van der Waals surface area contributed by atoms with E-state index in [9.17, 15) is 19.2 Å². The number of hydrogen-bond donors (Lipinski definition) is 1. The van der Waals surface area contributed by atoms with Gasteiger partial charge >= 0.3 is 5.97 Å².